The van der Waals surface area contributed by atoms with Crippen molar-refractivity contribution in [1.82, 2.24) is 15.0 Å². The monoisotopic (exact) mass is 813 g/mol. The Morgan fingerprint density at radius 1 is 0.203 bits per heavy atom. The van der Waals surface area contributed by atoms with Crippen molar-refractivity contribution >= 4 is 43.1 Å². The molecule has 298 valence electrons. The molecule has 0 spiro atoms. The Kier molecular flexibility index (Phi) is 9.16. The maximum atomic E-state index is 5.21. The Labute approximate surface area is 371 Å². The van der Waals surface area contributed by atoms with Crippen LogP contribution >= 0.6 is 0 Å². The number of aromatic nitrogens is 3. The molecule has 1 heterocycles. The SMILES string of the molecule is c1ccc(-c2ccccc2-c2nc(-c3ccc(-c4ccc(-c5c6ccccc6cc6c5ccc5ccccc56)cc4)cc3)nc(-c3cccc(-c4cccc5ccccc45)c3)n2)cc1. The van der Waals surface area contributed by atoms with Gasteiger partial charge in [-0.15, -0.1) is 0 Å². The number of hydrogen-bond donors (Lipinski definition) is 0. The van der Waals surface area contributed by atoms with Crippen molar-refractivity contribution in [2.75, 3.05) is 0 Å². The molecule has 1 aromatic heterocycles. The molecule has 0 aliphatic carbocycles. The molecule has 0 bridgehead atoms. The molecule has 3 heteroatoms. The van der Waals surface area contributed by atoms with Crippen LogP contribution in [0.2, 0.25) is 0 Å². The highest BCUT2D eigenvalue weighted by Gasteiger charge is 2.17. The molecular formula is C61H39N3. The van der Waals surface area contributed by atoms with Crippen molar-refractivity contribution < 1.29 is 0 Å². The standard InChI is InChI=1S/C61H39N3/c1-2-14-42(15-3-1)51-23-10-11-26-56(51)61-63-59(62-60(64-61)49-21-12-20-47(38-49)53-27-13-19-43-16-4-7-22-50(43)53)46-34-30-41(31-35-46)40-28-32-45(33-29-40)58-54-25-9-6-18-48(54)39-57-52-24-8-5-17-44(52)36-37-55(57)58/h1-39H. The van der Waals surface area contributed by atoms with E-state index < -0.39 is 0 Å². The van der Waals surface area contributed by atoms with Gasteiger partial charge in [-0.05, 0) is 99.7 Å². The Morgan fingerprint density at radius 3 is 1.47 bits per heavy atom. The van der Waals surface area contributed by atoms with Crippen molar-refractivity contribution in [3.63, 3.8) is 0 Å². The second-order valence-electron chi connectivity index (χ2n) is 16.3. The third-order valence-corrected chi connectivity index (χ3v) is 12.5. The van der Waals surface area contributed by atoms with Crippen molar-refractivity contribution in [3.8, 4) is 78.7 Å². The van der Waals surface area contributed by atoms with Crippen LogP contribution in [-0.4, -0.2) is 15.0 Å². The van der Waals surface area contributed by atoms with Crippen LogP contribution in [0.25, 0.3) is 122 Å². The molecule has 0 fully saturated rings. The van der Waals surface area contributed by atoms with E-state index >= 15 is 0 Å². The van der Waals surface area contributed by atoms with Crippen LogP contribution in [-0.2, 0) is 0 Å². The van der Waals surface area contributed by atoms with Crippen LogP contribution in [0, 0.1) is 0 Å². The first-order chi connectivity index (χ1) is 31.7. The molecule has 0 amide bonds. The molecule has 0 aliphatic rings. The van der Waals surface area contributed by atoms with E-state index in [1.54, 1.807) is 0 Å². The summed E-state index contributed by atoms with van der Waals surface area (Å²) >= 11 is 0. The van der Waals surface area contributed by atoms with Gasteiger partial charge in [0, 0.05) is 16.7 Å². The van der Waals surface area contributed by atoms with Gasteiger partial charge >= 0.3 is 0 Å². The first-order valence-corrected chi connectivity index (χ1v) is 21.8. The van der Waals surface area contributed by atoms with Gasteiger partial charge in [0.2, 0.25) is 0 Å². The number of hydrogen-bond acceptors (Lipinski definition) is 3. The van der Waals surface area contributed by atoms with E-state index in [0.717, 1.165) is 44.5 Å². The van der Waals surface area contributed by atoms with Gasteiger partial charge in [0.25, 0.3) is 0 Å². The van der Waals surface area contributed by atoms with E-state index in [9.17, 15) is 0 Å². The fourth-order valence-corrected chi connectivity index (χ4v) is 9.38. The van der Waals surface area contributed by atoms with Gasteiger partial charge < -0.3 is 0 Å². The zero-order chi connectivity index (χ0) is 42.4. The predicted octanol–water partition coefficient (Wildman–Crippen LogP) is 16.2. The fourth-order valence-electron chi connectivity index (χ4n) is 9.38. The zero-order valence-corrected chi connectivity index (χ0v) is 34.9. The second kappa shape index (κ2) is 15.7. The van der Waals surface area contributed by atoms with E-state index in [1.807, 2.05) is 6.07 Å². The topological polar surface area (TPSA) is 38.7 Å². The lowest BCUT2D eigenvalue weighted by Crippen LogP contribution is -2.01. The molecule has 12 aromatic rings. The van der Waals surface area contributed by atoms with E-state index in [-0.39, 0.29) is 0 Å². The summed E-state index contributed by atoms with van der Waals surface area (Å²) in [4.78, 5) is 15.6. The molecule has 0 saturated heterocycles. The number of rotatable bonds is 7. The van der Waals surface area contributed by atoms with E-state index in [2.05, 4.69) is 231 Å². The smallest absolute Gasteiger partial charge is 0.164 e. The van der Waals surface area contributed by atoms with Crippen LogP contribution in [0.4, 0.5) is 0 Å². The van der Waals surface area contributed by atoms with Crippen LogP contribution in [0.15, 0.2) is 237 Å². The van der Waals surface area contributed by atoms with Crippen LogP contribution < -0.4 is 0 Å². The molecular weight excluding hydrogens is 775 g/mol. The summed E-state index contributed by atoms with van der Waals surface area (Å²) in [6.07, 6.45) is 0. The Hall–Kier alpha value is -8.53. The maximum absolute atomic E-state index is 5.21. The Bertz CT molecular complexity index is 3700. The van der Waals surface area contributed by atoms with Crippen molar-refractivity contribution in [1.29, 1.82) is 0 Å². The first-order valence-electron chi connectivity index (χ1n) is 21.8. The average molecular weight is 814 g/mol. The normalized spacial score (nSPS) is 11.4. The minimum atomic E-state index is 0.621. The zero-order valence-electron chi connectivity index (χ0n) is 34.9. The number of benzene rings is 11. The fraction of sp³-hybridized carbons (Fsp3) is 0. The van der Waals surface area contributed by atoms with E-state index in [1.165, 1.54) is 59.8 Å². The quantitative estimate of drug-likeness (QED) is 0.119. The summed E-state index contributed by atoms with van der Waals surface area (Å²) in [6.45, 7) is 0. The van der Waals surface area contributed by atoms with Crippen molar-refractivity contribution in [2.24, 2.45) is 0 Å². The van der Waals surface area contributed by atoms with E-state index in [0.29, 0.717) is 17.5 Å². The van der Waals surface area contributed by atoms with Crippen molar-refractivity contribution in [2.45, 2.75) is 0 Å². The van der Waals surface area contributed by atoms with Crippen LogP contribution in [0.1, 0.15) is 0 Å². The summed E-state index contributed by atoms with van der Waals surface area (Å²) in [5.41, 5.74) is 12.0. The summed E-state index contributed by atoms with van der Waals surface area (Å²) in [5.74, 6) is 1.87. The molecule has 0 N–H and O–H groups in total. The van der Waals surface area contributed by atoms with Gasteiger partial charge in [0.05, 0.1) is 0 Å². The van der Waals surface area contributed by atoms with Gasteiger partial charge in [-0.25, -0.2) is 15.0 Å². The van der Waals surface area contributed by atoms with E-state index in [4.69, 9.17) is 15.0 Å². The molecule has 12 rings (SSSR count). The van der Waals surface area contributed by atoms with Crippen LogP contribution in [0.3, 0.4) is 0 Å². The molecule has 11 aromatic carbocycles. The molecule has 64 heavy (non-hydrogen) atoms. The minimum Gasteiger partial charge on any atom is -0.208 e. The summed E-state index contributed by atoms with van der Waals surface area (Å²) in [7, 11) is 0. The van der Waals surface area contributed by atoms with Gasteiger partial charge in [-0.3, -0.25) is 0 Å². The first kappa shape index (κ1) is 37.2. The number of nitrogens with zero attached hydrogens (tertiary/aromatic N) is 3. The summed E-state index contributed by atoms with van der Waals surface area (Å²) in [5, 5.41) is 9.98. The molecule has 0 radical (unpaired) electrons. The summed E-state index contributed by atoms with van der Waals surface area (Å²) in [6, 6.07) is 84.2. The molecule has 0 atom stereocenters. The lowest BCUT2D eigenvalue weighted by atomic mass is 9.89. The second-order valence-corrected chi connectivity index (χ2v) is 16.3. The highest BCUT2D eigenvalue weighted by molar-refractivity contribution is 6.20. The van der Waals surface area contributed by atoms with Crippen LogP contribution in [0.5, 0.6) is 0 Å². The Balaban J connectivity index is 0.939. The van der Waals surface area contributed by atoms with Gasteiger partial charge in [0.15, 0.2) is 17.5 Å². The molecule has 0 saturated carbocycles. The highest BCUT2D eigenvalue weighted by atomic mass is 15.0. The number of fused-ring (bicyclic) bond motifs is 5. The van der Waals surface area contributed by atoms with Crippen molar-refractivity contribution in [3.05, 3.63) is 237 Å². The minimum absolute atomic E-state index is 0.621. The third kappa shape index (κ3) is 6.68. The largest absolute Gasteiger partial charge is 0.208 e. The maximum Gasteiger partial charge on any atom is 0.164 e. The molecule has 0 aliphatic heterocycles. The predicted molar refractivity (Wildman–Crippen MR) is 268 cm³/mol. The molecule has 0 unspecified atom stereocenters. The lowest BCUT2D eigenvalue weighted by molar-refractivity contribution is 1.07. The van der Waals surface area contributed by atoms with Gasteiger partial charge in [0.1, 0.15) is 0 Å². The van der Waals surface area contributed by atoms with Gasteiger partial charge in [-0.2, -0.15) is 0 Å². The molecule has 3 nitrogen and oxygen atoms in total. The van der Waals surface area contributed by atoms with Gasteiger partial charge in [-0.1, -0.05) is 224 Å². The lowest BCUT2D eigenvalue weighted by Gasteiger charge is -2.15. The summed E-state index contributed by atoms with van der Waals surface area (Å²) < 4.78 is 0. The highest BCUT2D eigenvalue weighted by Crippen LogP contribution is 2.41. The Morgan fingerprint density at radius 2 is 0.703 bits per heavy atom. The average Bonchev–Trinajstić information content (AvgIpc) is 3.38. The third-order valence-electron chi connectivity index (χ3n) is 12.5.